The first kappa shape index (κ1) is 15.7. The molecule has 1 saturated heterocycles. The quantitative estimate of drug-likeness (QED) is 0.731. The molecule has 6 nitrogen and oxygen atoms in total. The van der Waals surface area contributed by atoms with Crippen molar-refractivity contribution >= 4 is 22.8 Å². The Morgan fingerprint density at radius 1 is 1.29 bits per heavy atom. The maximum absolute atomic E-state index is 5.70. The van der Waals surface area contributed by atoms with Gasteiger partial charge in [0.1, 0.15) is 11.0 Å². The third kappa shape index (κ3) is 2.62. The van der Waals surface area contributed by atoms with Crippen molar-refractivity contribution in [2.24, 2.45) is 0 Å². The molecule has 0 aliphatic carbocycles. The summed E-state index contributed by atoms with van der Waals surface area (Å²) in [6.07, 6.45) is 0. The van der Waals surface area contributed by atoms with Gasteiger partial charge in [0.15, 0.2) is 0 Å². The summed E-state index contributed by atoms with van der Waals surface area (Å²) in [6.45, 7) is 7.45. The predicted molar refractivity (Wildman–Crippen MR) is 94.4 cm³/mol. The molecule has 2 aromatic heterocycles. The number of fused-ring (bicyclic) bond motifs is 1. The molecule has 0 bridgehead atoms. The van der Waals surface area contributed by atoms with Crippen LogP contribution in [0, 0.1) is 13.8 Å². The summed E-state index contributed by atoms with van der Waals surface area (Å²) in [5.41, 5.74) is 6.68. The predicted octanol–water partition coefficient (Wildman–Crippen LogP) is 2.56. The third-order valence-electron chi connectivity index (χ3n) is 4.86. The molecule has 1 fully saturated rings. The minimum atomic E-state index is 0.282. The minimum absolute atomic E-state index is 0.282. The molecule has 0 spiro atoms. The summed E-state index contributed by atoms with van der Waals surface area (Å²) < 4.78 is 16.5. The van der Waals surface area contributed by atoms with Crippen molar-refractivity contribution in [2.45, 2.75) is 26.4 Å². The van der Waals surface area contributed by atoms with Crippen LogP contribution in [-0.4, -0.2) is 50.2 Å². The average molecular weight is 343 g/mol. The highest BCUT2D eigenvalue weighted by atomic mass is 32.1. The molecule has 7 heteroatoms. The molecule has 3 heterocycles. The van der Waals surface area contributed by atoms with E-state index in [1.807, 2.05) is 12.1 Å². The van der Waals surface area contributed by atoms with E-state index in [9.17, 15) is 0 Å². The Morgan fingerprint density at radius 3 is 3.00 bits per heavy atom. The molecule has 0 saturated carbocycles. The smallest absolute Gasteiger partial charge is 0.109 e. The Labute approximate surface area is 145 Å². The highest BCUT2D eigenvalue weighted by Crippen LogP contribution is 2.29. The van der Waals surface area contributed by atoms with Crippen LogP contribution in [0.5, 0.6) is 0 Å². The highest BCUT2D eigenvalue weighted by molar-refractivity contribution is 7.00. The van der Waals surface area contributed by atoms with E-state index in [0.717, 1.165) is 42.0 Å². The Kier molecular flexibility index (Phi) is 4.07. The summed E-state index contributed by atoms with van der Waals surface area (Å²) in [7, 11) is 2.16. The van der Waals surface area contributed by atoms with Crippen molar-refractivity contribution < 1.29 is 4.74 Å². The van der Waals surface area contributed by atoms with Crippen LogP contribution in [0.15, 0.2) is 18.2 Å². The molecular weight excluding hydrogens is 322 g/mol. The van der Waals surface area contributed by atoms with Gasteiger partial charge in [-0.05, 0) is 27.0 Å². The Balaban J connectivity index is 1.70. The first-order valence-electron chi connectivity index (χ1n) is 8.17. The fourth-order valence-electron chi connectivity index (χ4n) is 3.49. The first-order valence-corrected chi connectivity index (χ1v) is 8.90. The van der Waals surface area contributed by atoms with Crippen molar-refractivity contribution in [1.29, 1.82) is 0 Å². The van der Waals surface area contributed by atoms with Crippen LogP contribution in [0.3, 0.4) is 0 Å². The normalized spacial score (nSPS) is 19.2. The monoisotopic (exact) mass is 343 g/mol. The van der Waals surface area contributed by atoms with Gasteiger partial charge in [0.2, 0.25) is 0 Å². The number of rotatable bonds is 3. The number of likely N-dealkylation sites (N-methyl/N-ethyl adjacent to an activating group) is 1. The standard InChI is InChI=1S/C17H21N5OS/c1-11-16(15-10-23-8-7-21(15)3)12(2)22(18-11)9-13-5-4-6-14-17(13)20-24-19-14/h4-6,15H,7-10H2,1-3H3. The Bertz CT molecular complexity index is 871. The van der Waals surface area contributed by atoms with Crippen LogP contribution in [0.4, 0.5) is 0 Å². The van der Waals surface area contributed by atoms with E-state index in [4.69, 9.17) is 9.84 Å². The fraction of sp³-hybridized carbons (Fsp3) is 0.471. The highest BCUT2D eigenvalue weighted by Gasteiger charge is 2.27. The van der Waals surface area contributed by atoms with Gasteiger partial charge >= 0.3 is 0 Å². The van der Waals surface area contributed by atoms with E-state index in [2.05, 4.69) is 45.3 Å². The molecule has 4 rings (SSSR count). The molecule has 126 valence electrons. The summed E-state index contributed by atoms with van der Waals surface area (Å²) in [6, 6.07) is 6.43. The molecule has 1 unspecified atom stereocenters. The number of morpholine rings is 1. The number of ether oxygens (including phenoxy) is 1. The van der Waals surface area contributed by atoms with Crippen molar-refractivity contribution in [2.75, 3.05) is 26.8 Å². The second-order valence-electron chi connectivity index (χ2n) is 6.36. The zero-order chi connectivity index (χ0) is 16.7. The van der Waals surface area contributed by atoms with Crippen molar-refractivity contribution in [3.05, 3.63) is 40.7 Å². The van der Waals surface area contributed by atoms with Gasteiger partial charge in [-0.25, -0.2) is 0 Å². The van der Waals surface area contributed by atoms with Gasteiger partial charge in [-0.1, -0.05) is 12.1 Å². The van der Waals surface area contributed by atoms with Crippen LogP contribution >= 0.6 is 11.7 Å². The SMILES string of the molecule is Cc1nn(Cc2cccc3nsnc23)c(C)c1C1COCCN1C. The number of aromatic nitrogens is 4. The van der Waals surface area contributed by atoms with Crippen LogP contribution in [-0.2, 0) is 11.3 Å². The van der Waals surface area contributed by atoms with Crippen LogP contribution in [0.2, 0.25) is 0 Å². The van der Waals surface area contributed by atoms with Crippen LogP contribution < -0.4 is 0 Å². The van der Waals surface area contributed by atoms with E-state index in [1.54, 1.807) is 0 Å². The zero-order valence-corrected chi connectivity index (χ0v) is 15.0. The topological polar surface area (TPSA) is 56.1 Å². The maximum atomic E-state index is 5.70. The molecule has 0 amide bonds. The van der Waals surface area contributed by atoms with Gasteiger partial charge in [-0.2, -0.15) is 13.8 Å². The molecule has 0 radical (unpaired) electrons. The summed E-state index contributed by atoms with van der Waals surface area (Å²) >= 11 is 1.26. The molecule has 1 aliphatic heterocycles. The molecule has 1 atom stereocenters. The van der Waals surface area contributed by atoms with Gasteiger partial charge in [0, 0.05) is 23.4 Å². The molecule has 1 aromatic carbocycles. The lowest BCUT2D eigenvalue weighted by Crippen LogP contribution is -2.37. The van der Waals surface area contributed by atoms with Gasteiger partial charge in [-0.3, -0.25) is 9.58 Å². The first-order chi connectivity index (χ1) is 11.6. The van der Waals surface area contributed by atoms with Crippen LogP contribution in [0.25, 0.3) is 11.0 Å². The molecule has 3 aromatic rings. The number of hydrogen-bond acceptors (Lipinski definition) is 6. The molecule has 24 heavy (non-hydrogen) atoms. The fourth-order valence-corrected chi connectivity index (χ4v) is 4.06. The number of benzene rings is 1. The van der Waals surface area contributed by atoms with Crippen molar-refractivity contribution in [3.8, 4) is 0 Å². The van der Waals surface area contributed by atoms with E-state index in [0.29, 0.717) is 6.54 Å². The van der Waals surface area contributed by atoms with Crippen LogP contribution in [0.1, 0.15) is 28.6 Å². The van der Waals surface area contributed by atoms with Crippen molar-refractivity contribution in [1.82, 2.24) is 23.4 Å². The molecule has 0 N–H and O–H groups in total. The van der Waals surface area contributed by atoms with Gasteiger partial charge in [-0.15, -0.1) is 0 Å². The minimum Gasteiger partial charge on any atom is -0.378 e. The lowest BCUT2D eigenvalue weighted by Gasteiger charge is -2.32. The van der Waals surface area contributed by atoms with E-state index in [-0.39, 0.29) is 6.04 Å². The third-order valence-corrected chi connectivity index (χ3v) is 5.40. The Morgan fingerprint density at radius 2 is 2.17 bits per heavy atom. The second-order valence-corrected chi connectivity index (χ2v) is 6.89. The van der Waals surface area contributed by atoms with E-state index in [1.165, 1.54) is 23.0 Å². The van der Waals surface area contributed by atoms with Gasteiger partial charge in [0.05, 0.1) is 43.2 Å². The Hall–Kier alpha value is -1.83. The zero-order valence-electron chi connectivity index (χ0n) is 14.2. The lowest BCUT2D eigenvalue weighted by molar-refractivity contribution is 0.00457. The van der Waals surface area contributed by atoms with Gasteiger partial charge in [0.25, 0.3) is 0 Å². The second kappa shape index (κ2) is 6.23. The van der Waals surface area contributed by atoms with E-state index < -0.39 is 0 Å². The summed E-state index contributed by atoms with van der Waals surface area (Å²) in [4.78, 5) is 2.36. The number of hydrogen-bond donors (Lipinski definition) is 0. The summed E-state index contributed by atoms with van der Waals surface area (Å²) in [5, 5.41) is 4.80. The summed E-state index contributed by atoms with van der Waals surface area (Å²) in [5.74, 6) is 0. The van der Waals surface area contributed by atoms with Gasteiger partial charge < -0.3 is 4.74 Å². The molecular formula is C17H21N5OS. The van der Waals surface area contributed by atoms with E-state index >= 15 is 0 Å². The average Bonchev–Trinajstić information content (AvgIpc) is 3.15. The number of nitrogens with zero attached hydrogens (tertiary/aromatic N) is 5. The largest absolute Gasteiger partial charge is 0.378 e. The van der Waals surface area contributed by atoms with Crippen molar-refractivity contribution in [3.63, 3.8) is 0 Å². The lowest BCUT2D eigenvalue weighted by atomic mass is 10.0. The molecule has 1 aliphatic rings. The number of aryl methyl sites for hydroxylation is 1. The maximum Gasteiger partial charge on any atom is 0.109 e.